The summed E-state index contributed by atoms with van der Waals surface area (Å²) >= 11 is 0. The summed E-state index contributed by atoms with van der Waals surface area (Å²) in [6.45, 7) is 20.4. The highest BCUT2D eigenvalue weighted by molar-refractivity contribution is 7.44. The molecule has 0 N–H and O–H groups in total. The molecule has 0 heterocycles. The Morgan fingerprint density at radius 1 is 1.16 bits per heavy atom. The predicted octanol–water partition coefficient (Wildman–Crippen LogP) is 3.61. The van der Waals surface area contributed by atoms with Gasteiger partial charge in [0, 0.05) is 25.2 Å². The van der Waals surface area contributed by atoms with Crippen molar-refractivity contribution in [3.8, 4) is 0 Å². The van der Waals surface area contributed by atoms with E-state index in [1.54, 1.807) is 7.11 Å². The molecule has 0 saturated carbocycles. The van der Waals surface area contributed by atoms with Crippen molar-refractivity contribution in [2.45, 2.75) is 78.3 Å². The van der Waals surface area contributed by atoms with Gasteiger partial charge in [0.25, 0.3) is 8.53 Å². The minimum absolute atomic E-state index is 0.152. The minimum Gasteiger partial charge on any atom is -0.383 e. The normalized spacial score (nSPS) is 16.8. The Labute approximate surface area is 156 Å². The quantitative estimate of drug-likeness (QED) is 0.202. The molecule has 0 aromatic heterocycles. The van der Waals surface area contributed by atoms with Gasteiger partial charge in [-0.25, -0.2) is 11.2 Å². The van der Waals surface area contributed by atoms with Crippen molar-refractivity contribution in [1.82, 2.24) is 4.67 Å². The highest BCUT2D eigenvalue weighted by Gasteiger charge is 2.31. The van der Waals surface area contributed by atoms with Gasteiger partial charge in [0.15, 0.2) is 0 Å². The van der Waals surface area contributed by atoms with Crippen LogP contribution < -0.4 is 0 Å². The lowest BCUT2D eigenvalue weighted by Gasteiger charge is -2.38. The van der Waals surface area contributed by atoms with Gasteiger partial charge in [-0.2, -0.15) is 0 Å². The number of methoxy groups -OCH3 is 1. The lowest BCUT2D eigenvalue weighted by atomic mass is 10.0. The largest absolute Gasteiger partial charge is 0.383 e. The van der Waals surface area contributed by atoms with Crippen LogP contribution in [0.25, 0.3) is 4.85 Å². The molecule has 0 amide bonds. The molecule has 1 unspecified atom stereocenters. The molecule has 2 radical (unpaired) electrons. The molecule has 0 aromatic rings. The molecule has 0 spiro atoms. The summed E-state index contributed by atoms with van der Waals surface area (Å²) in [5, 5.41) is 0. The Kier molecular flexibility index (Phi) is 13.8. The number of ether oxygens (including phenoxy) is 2. The molecule has 0 aliphatic rings. The van der Waals surface area contributed by atoms with E-state index in [2.05, 4.69) is 37.2 Å². The van der Waals surface area contributed by atoms with Crippen molar-refractivity contribution < 1.29 is 18.5 Å². The highest BCUT2D eigenvalue weighted by Crippen LogP contribution is 2.47. The molecule has 0 aliphatic heterocycles. The molecular weight excluding hydrogens is 338 g/mol. The molecule has 8 heteroatoms. The third-order valence-electron chi connectivity index (χ3n) is 3.51. The fraction of sp³-hybridized carbons (Fsp3) is 0.941. The van der Waals surface area contributed by atoms with Crippen LogP contribution in [0, 0.1) is 6.57 Å². The van der Waals surface area contributed by atoms with E-state index in [1.165, 1.54) is 0 Å². The first-order valence-corrected chi connectivity index (χ1v) is 10.0. The number of rotatable bonds is 14. The van der Waals surface area contributed by atoms with Gasteiger partial charge in [0.1, 0.15) is 14.5 Å². The predicted molar refractivity (Wildman–Crippen MR) is 104 cm³/mol. The summed E-state index contributed by atoms with van der Waals surface area (Å²) in [6.07, 6.45) is 0.431. The molecule has 0 aromatic carbocycles. The standard InChI is InChI=1S/C17H34BN2O4P/c1-9-16(23-17(18)12-21-8)15(6)24-25(22-11-10-19-7)20(13(2)3)14(4)5/h13-17H,9-12H2,1-6,8H3/t15-,16+,17+,25?/m0/s1. The highest BCUT2D eigenvalue weighted by atomic mass is 31.2. The monoisotopic (exact) mass is 372 g/mol. The Bertz CT molecular complexity index is 374. The summed E-state index contributed by atoms with van der Waals surface area (Å²) in [6, 6.07) is 0.0487. The Morgan fingerprint density at radius 2 is 1.76 bits per heavy atom. The van der Waals surface area contributed by atoms with Gasteiger partial charge in [-0.05, 0) is 41.0 Å². The Hall–Kier alpha value is -0.215. The summed E-state index contributed by atoms with van der Waals surface area (Å²) in [7, 11) is 6.22. The second-order valence-corrected chi connectivity index (χ2v) is 7.81. The van der Waals surface area contributed by atoms with Gasteiger partial charge < -0.3 is 23.4 Å². The van der Waals surface area contributed by atoms with Crippen LogP contribution in [0.3, 0.4) is 0 Å². The van der Waals surface area contributed by atoms with E-state index >= 15 is 0 Å². The van der Waals surface area contributed by atoms with Crippen LogP contribution in [0.15, 0.2) is 0 Å². The van der Waals surface area contributed by atoms with Crippen molar-refractivity contribution in [1.29, 1.82) is 0 Å². The summed E-state index contributed by atoms with van der Waals surface area (Å²) in [5.74, 6) is 0. The van der Waals surface area contributed by atoms with Crippen molar-refractivity contribution in [3.63, 3.8) is 0 Å². The zero-order valence-corrected chi connectivity index (χ0v) is 17.7. The van der Waals surface area contributed by atoms with E-state index < -0.39 is 14.5 Å². The number of hydrogen-bond acceptors (Lipinski definition) is 5. The van der Waals surface area contributed by atoms with Gasteiger partial charge in [-0.15, -0.1) is 0 Å². The summed E-state index contributed by atoms with van der Waals surface area (Å²) in [5.41, 5.74) is 0. The van der Waals surface area contributed by atoms with Crippen LogP contribution in [0.5, 0.6) is 0 Å². The van der Waals surface area contributed by atoms with Crippen molar-refractivity contribution in [2.75, 3.05) is 26.9 Å². The first-order valence-electron chi connectivity index (χ1n) is 8.89. The van der Waals surface area contributed by atoms with E-state index in [-0.39, 0.29) is 24.3 Å². The summed E-state index contributed by atoms with van der Waals surface area (Å²) < 4.78 is 25.3. The average Bonchev–Trinajstić information content (AvgIpc) is 2.52. The third kappa shape index (κ3) is 9.89. The van der Waals surface area contributed by atoms with Crippen LogP contribution in [-0.4, -0.2) is 69.7 Å². The van der Waals surface area contributed by atoms with Gasteiger partial charge in [0.05, 0.1) is 18.8 Å². The van der Waals surface area contributed by atoms with Crippen LogP contribution in [0.4, 0.5) is 0 Å². The maximum atomic E-state index is 6.93. The van der Waals surface area contributed by atoms with E-state index in [9.17, 15) is 0 Å². The van der Waals surface area contributed by atoms with Crippen molar-refractivity contribution in [2.24, 2.45) is 0 Å². The maximum absolute atomic E-state index is 6.93. The molecule has 0 fully saturated rings. The molecule has 0 bridgehead atoms. The Morgan fingerprint density at radius 3 is 2.20 bits per heavy atom. The number of nitrogens with zero attached hydrogens (tertiary/aromatic N) is 2. The zero-order valence-electron chi connectivity index (χ0n) is 16.8. The van der Waals surface area contributed by atoms with E-state index in [0.29, 0.717) is 19.8 Å². The van der Waals surface area contributed by atoms with Crippen LogP contribution in [0.1, 0.15) is 48.0 Å². The van der Waals surface area contributed by atoms with Gasteiger partial charge >= 0.3 is 0 Å². The van der Waals surface area contributed by atoms with Gasteiger partial charge in [-0.3, -0.25) is 0 Å². The third-order valence-corrected chi connectivity index (χ3v) is 5.73. The van der Waals surface area contributed by atoms with Crippen molar-refractivity contribution in [3.05, 3.63) is 11.4 Å². The lowest BCUT2D eigenvalue weighted by molar-refractivity contribution is -0.0584. The maximum Gasteiger partial charge on any atom is 0.259 e. The van der Waals surface area contributed by atoms with E-state index in [4.69, 9.17) is 32.9 Å². The van der Waals surface area contributed by atoms with Gasteiger partial charge in [-0.1, -0.05) is 6.92 Å². The van der Waals surface area contributed by atoms with Crippen LogP contribution in [0.2, 0.25) is 0 Å². The SMILES string of the molecule is [B][C@@H](COC)O[C@H](CC)[C@H](C)OP(OCC[N+]#[C-])N(C(C)C)C(C)C. The fourth-order valence-electron chi connectivity index (χ4n) is 2.47. The molecular formula is C17H34BN2O4P. The molecule has 6 nitrogen and oxygen atoms in total. The number of hydrogen-bond donors (Lipinski definition) is 0. The van der Waals surface area contributed by atoms with Crippen LogP contribution in [-0.2, 0) is 18.5 Å². The zero-order chi connectivity index (χ0) is 19.4. The first-order chi connectivity index (χ1) is 11.8. The molecule has 144 valence electrons. The second kappa shape index (κ2) is 13.9. The smallest absolute Gasteiger partial charge is 0.259 e. The Balaban J connectivity index is 5.02. The molecule has 4 atom stereocenters. The van der Waals surface area contributed by atoms with Gasteiger partial charge in [0.2, 0.25) is 6.54 Å². The topological polar surface area (TPSA) is 44.5 Å². The summed E-state index contributed by atoms with van der Waals surface area (Å²) in [4.78, 5) is 3.35. The second-order valence-electron chi connectivity index (χ2n) is 6.41. The lowest BCUT2D eigenvalue weighted by Crippen LogP contribution is -2.38. The minimum atomic E-state index is -1.29. The molecule has 25 heavy (non-hydrogen) atoms. The van der Waals surface area contributed by atoms with E-state index in [0.717, 1.165) is 6.42 Å². The average molecular weight is 372 g/mol. The fourth-order valence-corrected chi connectivity index (χ4v) is 4.18. The molecule has 0 saturated heterocycles. The first kappa shape index (κ1) is 24.8. The van der Waals surface area contributed by atoms with E-state index in [1.807, 2.05) is 13.8 Å². The molecule has 0 rings (SSSR count). The van der Waals surface area contributed by atoms with Crippen molar-refractivity contribution >= 4 is 16.4 Å². The van der Waals surface area contributed by atoms with Crippen LogP contribution >= 0.6 is 8.53 Å². The molecule has 0 aliphatic carbocycles.